The molecule has 23 heavy (non-hydrogen) atoms. The largest absolute Gasteiger partial charge is 0.324 e. The van der Waals surface area contributed by atoms with Crippen molar-refractivity contribution in [2.24, 2.45) is 7.05 Å². The number of amides is 2. The molecule has 2 aromatic rings. The molecule has 1 aromatic heterocycles. The monoisotopic (exact) mass is 315 g/mol. The van der Waals surface area contributed by atoms with Crippen molar-refractivity contribution >= 4 is 23.2 Å². The van der Waals surface area contributed by atoms with Crippen LogP contribution in [-0.2, 0) is 16.6 Å². The molecule has 1 unspecified atom stereocenters. The van der Waals surface area contributed by atoms with Crippen LogP contribution in [0.1, 0.15) is 18.5 Å². The fourth-order valence-corrected chi connectivity index (χ4v) is 2.23. The molecule has 0 saturated carbocycles. The summed E-state index contributed by atoms with van der Waals surface area (Å²) in [6.45, 7) is 1.49. The molecule has 0 aliphatic rings. The summed E-state index contributed by atoms with van der Waals surface area (Å²) in [5.41, 5.74) is 2.13. The maximum atomic E-state index is 12.5. The summed E-state index contributed by atoms with van der Waals surface area (Å²) in [4.78, 5) is 25.4. The van der Waals surface area contributed by atoms with Crippen molar-refractivity contribution < 1.29 is 9.59 Å². The third-order valence-electron chi connectivity index (χ3n) is 3.58. The van der Waals surface area contributed by atoms with Crippen molar-refractivity contribution in [3.8, 4) is 0 Å². The first-order chi connectivity index (χ1) is 10.9. The van der Waals surface area contributed by atoms with E-state index in [4.69, 9.17) is 0 Å². The fourth-order valence-electron chi connectivity index (χ4n) is 2.23. The Morgan fingerprint density at radius 1 is 1.35 bits per heavy atom. The Bertz CT molecular complexity index is 710. The second kappa shape index (κ2) is 7.06. The lowest BCUT2D eigenvalue weighted by atomic mass is 10.1. The van der Waals surface area contributed by atoms with Crippen LogP contribution in [0.3, 0.4) is 0 Å². The molecular weight excluding hydrogens is 294 g/mol. The second-order valence-electron chi connectivity index (χ2n) is 5.29. The topological polar surface area (TPSA) is 79.3 Å². The zero-order valence-electron chi connectivity index (χ0n) is 13.7. The zero-order valence-corrected chi connectivity index (χ0v) is 13.7. The van der Waals surface area contributed by atoms with Gasteiger partial charge >= 0.3 is 0 Å². The Morgan fingerprint density at radius 3 is 2.65 bits per heavy atom. The van der Waals surface area contributed by atoms with Crippen LogP contribution < -0.4 is 15.5 Å². The molecule has 2 rings (SSSR count). The number of aromatic nitrogens is 2. The van der Waals surface area contributed by atoms with Crippen molar-refractivity contribution in [2.75, 3.05) is 24.3 Å². The van der Waals surface area contributed by atoms with Gasteiger partial charge in [-0.3, -0.25) is 14.3 Å². The summed E-state index contributed by atoms with van der Waals surface area (Å²) in [5, 5.41) is 9.92. The van der Waals surface area contributed by atoms with E-state index in [0.29, 0.717) is 5.69 Å². The number of carbonyl (C=O) groups excluding carboxylic acids is 2. The number of benzene rings is 1. The lowest BCUT2D eigenvalue weighted by molar-refractivity contribution is -0.118. The Hall–Kier alpha value is -2.67. The van der Waals surface area contributed by atoms with E-state index in [9.17, 15) is 9.59 Å². The Morgan fingerprint density at radius 2 is 2.09 bits per heavy atom. The SMILES string of the molecule is CNC(C(=O)Nc1cccc(N(C)C(C)=O)c1)c1cnn(C)c1. The van der Waals surface area contributed by atoms with Crippen molar-refractivity contribution in [3.63, 3.8) is 0 Å². The second-order valence-corrected chi connectivity index (χ2v) is 5.29. The molecular formula is C16H21N5O2. The van der Waals surface area contributed by atoms with Crippen molar-refractivity contribution in [1.82, 2.24) is 15.1 Å². The number of hydrogen-bond acceptors (Lipinski definition) is 4. The molecule has 1 atom stereocenters. The number of likely N-dealkylation sites (N-methyl/N-ethyl adjacent to an activating group) is 1. The Kier molecular flexibility index (Phi) is 5.13. The van der Waals surface area contributed by atoms with Gasteiger partial charge in [-0.25, -0.2) is 0 Å². The van der Waals surface area contributed by atoms with E-state index >= 15 is 0 Å². The molecule has 0 radical (unpaired) electrons. The smallest absolute Gasteiger partial charge is 0.246 e. The lowest BCUT2D eigenvalue weighted by Crippen LogP contribution is -2.30. The number of hydrogen-bond donors (Lipinski definition) is 2. The average molecular weight is 315 g/mol. The predicted octanol–water partition coefficient (Wildman–Crippen LogP) is 1.30. The number of nitrogens with zero attached hydrogens (tertiary/aromatic N) is 3. The molecule has 0 spiro atoms. The average Bonchev–Trinajstić information content (AvgIpc) is 2.93. The molecule has 0 saturated heterocycles. The molecule has 2 N–H and O–H groups in total. The van der Waals surface area contributed by atoms with Gasteiger partial charge in [0.1, 0.15) is 6.04 Å². The highest BCUT2D eigenvalue weighted by Crippen LogP contribution is 2.20. The molecule has 0 aliphatic carbocycles. The van der Waals surface area contributed by atoms with Crippen molar-refractivity contribution in [2.45, 2.75) is 13.0 Å². The van der Waals surface area contributed by atoms with Crippen LogP contribution in [0.4, 0.5) is 11.4 Å². The van der Waals surface area contributed by atoms with Gasteiger partial charge in [-0.2, -0.15) is 5.10 Å². The third kappa shape index (κ3) is 3.95. The highest BCUT2D eigenvalue weighted by Gasteiger charge is 2.20. The highest BCUT2D eigenvalue weighted by atomic mass is 16.2. The molecule has 0 aliphatic heterocycles. The van der Waals surface area contributed by atoms with Crippen LogP contribution in [0.15, 0.2) is 36.7 Å². The summed E-state index contributed by atoms with van der Waals surface area (Å²) in [6.07, 6.45) is 3.45. The van der Waals surface area contributed by atoms with E-state index in [1.807, 2.05) is 6.07 Å². The van der Waals surface area contributed by atoms with Crippen LogP contribution in [0, 0.1) is 0 Å². The minimum absolute atomic E-state index is 0.0723. The highest BCUT2D eigenvalue weighted by molar-refractivity contribution is 5.97. The summed E-state index contributed by atoms with van der Waals surface area (Å²) in [6, 6.07) is 6.65. The van der Waals surface area contributed by atoms with Gasteiger partial charge in [0.2, 0.25) is 11.8 Å². The number of aryl methyl sites for hydroxylation is 1. The molecule has 7 heteroatoms. The summed E-state index contributed by atoms with van der Waals surface area (Å²) >= 11 is 0. The van der Waals surface area contributed by atoms with E-state index in [1.54, 1.807) is 56.4 Å². The number of rotatable bonds is 5. The molecule has 0 fully saturated rings. The van der Waals surface area contributed by atoms with E-state index in [2.05, 4.69) is 15.7 Å². The van der Waals surface area contributed by atoms with E-state index in [-0.39, 0.29) is 11.8 Å². The van der Waals surface area contributed by atoms with Gasteiger partial charge in [0.15, 0.2) is 0 Å². The normalized spacial score (nSPS) is 11.8. The molecule has 122 valence electrons. The van der Waals surface area contributed by atoms with Gasteiger partial charge in [-0.05, 0) is 25.2 Å². The number of anilines is 2. The van der Waals surface area contributed by atoms with Crippen LogP contribution in [0.5, 0.6) is 0 Å². The molecule has 7 nitrogen and oxygen atoms in total. The van der Waals surface area contributed by atoms with Crippen LogP contribution in [0.2, 0.25) is 0 Å². The lowest BCUT2D eigenvalue weighted by Gasteiger charge is -2.18. The molecule has 2 amide bonds. The predicted molar refractivity (Wildman–Crippen MR) is 89.2 cm³/mol. The van der Waals surface area contributed by atoms with Gasteiger partial charge in [0, 0.05) is 44.2 Å². The minimum Gasteiger partial charge on any atom is -0.324 e. The van der Waals surface area contributed by atoms with Gasteiger partial charge in [-0.1, -0.05) is 6.07 Å². The summed E-state index contributed by atoms with van der Waals surface area (Å²) < 4.78 is 1.65. The summed E-state index contributed by atoms with van der Waals surface area (Å²) in [5.74, 6) is -0.264. The first kappa shape index (κ1) is 16.7. The van der Waals surface area contributed by atoms with E-state index in [1.165, 1.54) is 11.8 Å². The molecule has 1 heterocycles. The van der Waals surface area contributed by atoms with E-state index < -0.39 is 6.04 Å². The Labute approximate surface area is 135 Å². The van der Waals surface area contributed by atoms with Crippen LogP contribution >= 0.6 is 0 Å². The van der Waals surface area contributed by atoms with Crippen molar-refractivity contribution in [1.29, 1.82) is 0 Å². The van der Waals surface area contributed by atoms with Gasteiger partial charge in [-0.15, -0.1) is 0 Å². The Balaban J connectivity index is 2.16. The first-order valence-electron chi connectivity index (χ1n) is 7.23. The van der Waals surface area contributed by atoms with E-state index in [0.717, 1.165) is 11.3 Å². The van der Waals surface area contributed by atoms with Gasteiger partial charge in [0.25, 0.3) is 0 Å². The van der Waals surface area contributed by atoms with Crippen LogP contribution in [0.25, 0.3) is 0 Å². The molecule has 1 aromatic carbocycles. The maximum absolute atomic E-state index is 12.5. The maximum Gasteiger partial charge on any atom is 0.246 e. The van der Waals surface area contributed by atoms with Gasteiger partial charge in [0.05, 0.1) is 6.20 Å². The van der Waals surface area contributed by atoms with Gasteiger partial charge < -0.3 is 15.5 Å². The number of nitrogens with one attached hydrogen (secondary N) is 2. The first-order valence-corrected chi connectivity index (χ1v) is 7.23. The van der Waals surface area contributed by atoms with Crippen molar-refractivity contribution in [3.05, 3.63) is 42.2 Å². The molecule has 0 bridgehead atoms. The fraction of sp³-hybridized carbons (Fsp3) is 0.312. The zero-order chi connectivity index (χ0) is 17.0. The standard InChI is InChI=1S/C16H21N5O2/c1-11(22)21(4)14-7-5-6-13(8-14)19-16(23)15(17-2)12-9-18-20(3)10-12/h5-10,15,17H,1-4H3,(H,19,23). The van der Waals surface area contributed by atoms with Crippen LogP contribution in [-0.4, -0.2) is 35.7 Å². The summed E-state index contributed by atoms with van der Waals surface area (Å²) in [7, 11) is 5.21. The third-order valence-corrected chi connectivity index (χ3v) is 3.58. The minimum atomic E-state index is -0.502. The quantitative estimate of drug-likeness (QED) is 0.872. The number of carbonyl (C=O) groups is 2.